The topological polar surface area (TPSA) is 66.4 Å². The minimum atomic E-state index is -0.571. The number of hydrogen-bond donors (Lipinski definition) is 2. The zero-order valence-electron chi connectivity index (χ0n) is 13.9. The molecular weight excluding hydrogens is 314 g/mol. The first-order chi connectivity index (χ1) is 12.2. The maximum Gasteiger partial charge on any atom is 0.267 e. The molecule has 0 saturated heterocycles. The van der Waals surface area contributed by atoms with Gasteiger partial charge in [0.05, 0.1) is 0 Å². The van der Waals surface area contributed by atoms with Gasteiger partial charge in [0.25, 0.3) is 5.91 Å². The van der Waals surface area contributed by atoms with Crippen LogP contribution in [0, 0.1) is 0 Å². The molecule has 0 aliphatic carbocycles. The van der Waals surface area contributed by atoms with Crippen molar-refractivity contribution in [3.05, 3.63) is 84.5 Å². The molecule has 0 radical (unpaired) electrons. The van der Waals surface area contributed by atoms with Crippen molar-refractivity contribution in [2.24, 2.45) is 0 Å². The number of Topliss-reactive ketones (excluding diaryl/α,β-unsaturated/α-hetero) is 1. The molecule has 4 nitrogen and oxygen atoms in total. The van der Waals surface area contributed by atoms with Crippen molar-refractivity contribution in [3.8, 4) is 11.1 Å². The van der Waals surface area contributed by atoms with Crippen molar-refractivity contribution in [2.45, 2.75) is 19.3 Å². The van der Waals surface area contributed by atoms with Crippen LogP contribution in [0.15, 0.2) is 78.9 Å². The van der Waals surface area contributed by atoms with Gasteiger partial charge in [-0.25, -0.2) is 5.48 Å². The zero-order chi connectivity index (χ0) is 17.9. The van der Waals surface area contributed by atoms with Crippen LogP contribution in [-0.4, -0.2) is 16.9 Å². The number of allylic oxidation sites excluding steroid dienone is 3. The first-order valence-electron chi connectivity index (χ1n) is 8.16. The second kappa shape index (κ2) is 10.0. The average Bonchev–Trinajstić information content (AvgIpc) is 2.67. The molecule has 128 valence electrons. The number of carbonyl (C=O) groups excluding carboxylic acids is 2. The molecule has 0 fully saturated rings. The van der Waals surface area contributed by atoms with Gasteiger partial charge in [-0.3, -0.25) is 14.8 Å². The maximum atomic E-state index is 12.2. The van der Waals surface area contributed by atoms with Crippen molar-refractivity contribution in [1.82, 2.24) is 5.48 Å². The van der Waals surface area contributed by atoms with Crippen LogP contribution in [0.5, 0.6) is 0 Å². The van der Waals surface area contributed by atoms with Gasteiger partial charge in [0.2, 0.25) is 0 Å². The Labute approximate surface area is 147 Å². The highest BCUT2D eigenvalue weighted by Crippen LogP contribution is 2.20. The van der Waals surface area contributed by atoms with E-state index in [-0.39, 0.29) is 5.78 Å². The van der Waals surface area contributed by atoms with E-state index in [0.29, 0.717) is 6.42 Å². The molecule has 0 atom stereocenters. The molecule has 25 heavy (non-hydrogen) atoms. The van der Waals surface area contributed by atoms with E-state index in [1.54, 1.807) is 6.08 Å². The number of rotatable bonds is 8. The van der Waals surface area contributed by atoms with E-state index in [2.05, 4.69) is 0 Å². The Bertz CT molecular complexity index is 746. The SMILES string of the molecule is O=C(C=CC=CCCCC(=O)c1ccc(-c2ccccc2)cc1)NO. The average molecular weight is 335 g/mol. The third-order valence-corrected chi connectivity index (χ3v) is 3.69. The number of hydrogen-bond acceptors (Lipinski definition) is 3. The second-order valence-corrected chi connectivity index (χ2v) is 5.52. The van der Waals surface area contributed by atoms with E-state index < -0.39 is 5.91 Å². The summed E-state index contributed by atoms with van der Waals surface area (Å²) in [4.78, 5) is 22.9. The number of ketones is 1. The Morgan fingerprint density at radius 3 is 2.28 bits per heavy atom. The summed E-state index contributed by atoms with van der Waals surface area (Å²) < 4.78 is 0. The molecule has 0 aliphatic rings. The summed E-state index contributed by atoms with van der Waals surface area (Å²) in [5.41, 5.74) is 4.47. The first-order valence-corrected chi connectivity index (χ1v) is 8.16. The fourth-order valence-corrected chi connectivity index (χ4v) is 2.36. The van der Waals surface area contributed by atoms with E-state index in [4.69, 9.17) is 5.21 Å². The van der Waals surface area contributed by atoms with Crippen molar-refractivity contribution in [2.75, 3.05) is 0 Å². The largest absolute Gasteiger partial charge is 0.294 e. The van der Waals surface area contributed by atoms with Crippen molar-refractivity contribution < 1.29 is 14.8 Å². The lowest BCUT2D eigenvalue weighted by Crippen LogP contribution is -2.14. The molecule has 0 saturated carbocycles. The molecule has 1 amide bonds. The Balaban J connectivity index is 1.78. The summed E-state index contributed by atoms with van der Waals surface area (Å²) in [6.07, 6.45) is 8.33. The third kappa shape index (κ3) is 6.20. The van der Waals surface area contributed by atoms with E-state index in [1.165, 1.54) is 17.6 Å². The highest BCUT2D eigenvalue weighted by atomic mass is 16.5. The van der Waals surface area contributed by atoms with Crippen molar-refractivity contribution in [3.63, 3.8) is 0 Å². The highest BCUT2D eigenvalue weighted by Gasteiger charge is 2.05. The maximum absolute atomic E-state index is 12.2. The molecule has 0 unspecified atom stereocenters. The van der Waals surface area contributed by atoms with E-state index in [1.807, 2.05) is 60.7 Å². The summed E-state index contributed by atoms with van der Waals surface area (Å²) in [6, 6.07) is 17.7. The number of amides is 1. The van der Waals surface area contributed by atoms with Gasteiger partial charge in [-0.2, -0.15) is 0 Å². The molecular formula is C21H21NO3. The third-order valence-electron chi connectivity index (χ3n) is 3.69. The predicted molar refractivity (Wildman–Crippen MR) is 98.3 cm³/mol. The Morgan fingerprint density at radius 1 is 0.920 bits per heavy atom. The Morgan fingerprint density at radius 2 is 1.60 bits per heavy atom. The summed E-state index contributed by atoms with van der Waals surface area (Å²) in [7, 11) is 0. The van der Waals surface area contributed by atoms with Crippen LogP contribution in [0.25, 0.3) is 11.1 Å². The van der Waals surface area contributed by atoms with Gasteiger partial charge in [-0.1, -0.05) is 72.8 Å². The molecule has 0 spiro atoms. The molecule has 0 aromatic heterocycles. The van der Waals surface area contributed by atoms with E-state index in [9.17, 15) is 9.59 Å². The smallest absolute Gasteiger partial charge is 0.267 e. The molecule has 2 N–H and O–H groups in total. The molecule has 0 bridgehead atoms. The number of carbonyl (C=O) groups is 2. The summed E-state index contributed by atoms with van der Waals surface area (Å²) in [5, 5.41) is 8.31. The quantitative estimate of drug-likeness (QED) is 0.188. The molecule has 2 rings (SSSR count). The van der Waals surface area contributed by atoms with Gasteiger partial charge in [-0.05, 0) is 24.0 Å². The minimum Gasteiger partial charge on any atom is -0.294 e. The molecule has 0 heterocycles. The van der Waals surface area contributed by atoms with Crippen molar-refractivity contribution >= 4 is 11.7 Å². The van der Waals surface area contributed by atoms with Crippen LogP contribution in [0.4, 0.5) is 0 Å². The number of unbranched alkanes of at least 4 members (excludes halogenated alkanes) is 1. The molecule has 4 heteroatoms. The lowest BCUT2D eigenvalue weighted by molar-refractivity contribution is -0.124. The van der Waals surface area contributed by atoms with Gasteiger partial charge in [0.1, 0.15) is 0 Å². The van der Waals surface area contributed by atoms with Crippen molar-refractivity contribution in [1.29, 1.82) is 0 Å². The predicted octanol–water partition coefficient (Wildman–Crippen LogP) is 4.32. The van der Waals surface area contributed by atoms with Gasteiger partial charge < -0.3 is 0 Å². The van der Waals surface area contributed by atoms with Crippen LogP contribution < -0.4 is 5.48 Å². The van der Waals surface area contributed by atoms with Crippen LogP contribution in [0.2, 0.25) is 0 Å². The van der Waals surface area contributed by atoms with Crippen LogP contribution >= 0.6 is 0 Å². The van der Waals surface area contributed by atoms with Crippen LogP contribution in [0.1, 0.15) is 29.6 Å². The van der Waals surface area contributed by atoms with E-state index >= 15 is 0 Å². The second-order valence-electron chi connectivity index (χ2n) is 5.52. The summed E-state index contributed by atoms with van der Waals surface area (Å²) in [6.45, 7) is 0. The fraction of sp³-hybridized carbons (Fsp3) is 0.143. The molecule has 2 aromatic carbocycles. The van der Waals surface area contributed by atoms with Crippen LogP contribution in [0.3, 0.4) is 0 Å². The number of benzene rings is 2. The normalized spacial score (nSPS) is 11.1. The number of nitrogens with one attached hydrogen (secondary N) is 1. The standard InChI is InChI=1S/C21H21NO3/c23-20(11-7-2-1-3-8-12-21(24)22-25)19-15-13-18(14-16-19)17-9-5-4-6-10-17/h1,3-6,8-10,12-16,25H,2,7,11H2,(H,22,24). The number of hydroxylamine groups is 1. The zero-order valence-corrected chi connectivity index (χ0v) is 13.9. The Hall–Kier alpha value is -2.98. The lowest BCUT2D eigenvalue weighted by atomic mass is 10.0. The highest BCUT2D eigenvalue weighted by molar-refractivity contribution is 5.96. The monoisotopic (exact) mass is 335 g/mol. The summed E-state index contributed by atoms with van der Waals surface area (Å²) >= 11 is 0. The van der Waals surface area contributed by atoms with E-state index in [0.717, 1.165) is 29.5 Å². The van der Waals surface area contributed by atoms with Gasteiger partial charge >= 0.3 is 0 Å². The lowest BCUT2D eigenvalue weighted by Gasteiger charge is -2.04. The van der Waals surface area contributed by atoms with Gasteiger partial charge in [0.15, 0.2) is 5.78 Å². The minimum absolute atomic E-state index is 0.128. The molecule has 2 aromatic rings. The van der Waals surface area contributed by atoms with Gasteiger partial charge in [0, 0.05) is 18.1 Å². The first kappa shape index (κ1) is 18.4. The van der Waals surface area contributed by atoms with Gasteiger partial charge in [-0.15, -0.1) is 0 Å². The van der Waals surface area contributed by atoms with Crippen LogP contribution in [-0.2, 0) is 4.79 Å². The Kier molecular flexibility index (Phi) is 7.35. The fourth-order valence-electron chi connectivity index (χ4n) is 2.36. The molecule has 0 aliphatic heterocycles. The summed E-state index contributed by atoms with van der Waals surface area (Å²) in [5.74, 6) is -0.443.